The molecule has 0 saturated carbocycles. The summed E-state index contributed by atoms with van der Waals surface area (Å²) in [5.74, 6) is -1.10. The van der Waals surface area contributed by atoms with E-state index in [0.717, 1.165) is 11.8 Å². The van der Waals surface area contributed by atoms with E-state index in [1.165, 1.54) is 16.8 Å². The van der Waals surface area contributed by atoms with Crippen LogP contribution in [0.2, 0.25) is 5.02 Å². The molecule has 0 radical (unpaired) electrons. The van der Waals surface area contributed by atoms with Crippen molar-refractivity contribution < 1.29 is 9.90 Å². The van der Waals surface area contributed by atoms with Gasteiger partial charge in [-0.2, -0.15) is 0 Å². The summed E-state index contributed by atoms with van der Waals surface area (Å²) in [5, 5.41) is 16.0. The fourth-order valence-corrected chi connectivity index (χ4v) is 2.49. The van der Waals surface area contributed by atoms with Gasteiger partial charge < -0.3 is 5.11 Å². The molecule has 2 aromatic heterocycles. The lowest BCUT2D eigenvalue weighted by atomic mass is 10.3. The second-order valence-electron chi connectivity index (χ2n) is 3.47. The van der Waals surface area contributed by atoms with Crippen LogP contribution in [0.3, 0.4) is 0 Å². The highest BCUT2D eigenvalue weighted by Crippen LogP contribution is 2.30. The summed E-state index contributed by atoms with van der Waals surface area (Å²) in [6.45, 7) is 2.27. The van der Waals surface area contributed by atoms with Gasteiger partial charge >= 0.3 is 11.7 Å². The quantitative estimate of drug-likeness (QED) is 0.887. The van der Waals surface area contributed by atoms with Gasteiger partial charge in [-0.05, 0) is 24.8 Å². The Hall–Kier alpha value is -1.80. The highest BCUT2D eigenvalue weighted by Gasteiger charge is 2.14. The van der Waals surface area contributed by atoms with Gasteiger partial charge in [0.2, 0.25) is 0 Å². The van der Waals surface area contributed by atoms with Crippen LogP contribution in [-0.2, 0) is 6.54 Å². The summed E-state index contributed by atoms with van der Waals surface area (Å²) < 4.78 is 1.42. The van der Waals surface area contributed by atoms with Crippen molar-refractivity contribution in [3.8, 4) is 0 Å². The smallest absolute Gasteiger partial charge is 0.343 e. The molecule has 0 bridgehead atoms. The molecule has 7 nitrogen and oxygen atoms in total. The number of carbonyl (C=O) groups is 1. The van der Waals surface area contributed by atoms with Gasteiger partial charge in [0.05, 0.1) is 10.6 Å². The number of nitrogens with one attached hydrogen (secondary N) is 1. The Balaban J connectivity index is 2.33. The molecule has 19 heavy (non-hydrogen) atoms. The van der Waals surface area contributed by atoms with E-state index in [-0.39, 0.29) is 16.3 Å². The number of H-pyrrole nitrogens is 1. The van der Waals surface area contributed by atoms with E-state index < -0.39 is 5.97 Å². The minimum Gasteiger partial charge on any atom is -0.478 e. The molecule has 9 heteroatoms. The van der Waals surface area contributed by atoms with E-state index in [1.807, 2.05) is 6.92 Å². The van der Waals surface area contributed by atoms with Crippen molar-refractivity contribution in [1.29, 1.82) is 0 Å². The first-order valence-corrected chi connectivity index (χ1v) is 6.44. The number of aromatic nitrogens is 4. The van der Waals surface area contributed by atoms with Crippen molar-refractivity contribution >= 4 is 29.3 Å². The van der Waals surface area contributed by atoms with Crippen LogP contribution in [0.1, 0.15) is 17.3 Å². The lowest BCUT2D eigenvalue weighted by Gasteiger charge is -2.04. The zero-order valence-electron chi connectivity index (χ0n) is 9.75. The summed E-state index contributed by atoms with van der Waals surface area (Å²) in [4.78, 5) is 26.1. The zero-order chi connectivity index (χ0) is 14.0. The Morgan fingerprint density at radius 1 is 1.63 bits per heavy atom. The van der Waals surface area contributed by atoms with Crippen LogP contribution in [0.5, 0.6) is 0 Å². The second-order valence-corrected chi connectivity index (χ2v) is 4.84. The molecule has 0 unspecified atom stereocenters. The summed E-state index contributed by atoms with van der Waals surface area (Å²) in [5.41, 5.74) is -0.312. The molecule has 0 fully saturated rings. The third-order valence-corrected chi connectivity index (χ3v) is 3.69. The SMILES string of the molecule is CCn1c(Sc2ncc(C(=O)O)cc2Cl)n[nH]c1=O. The standard InChI is InChI=1S/C10H9ClN4O3S/c1-2-15-9(18)13-14-10(15)19-7-6(11)3-5(4-12-7)8(16)17/h3-4H,2H2,1H3,(H,13,18)(H,16,17). The van der Waals surface area contributed by atoms with Crippen molar-refractivity contribution in [3.63, 3.8) is 0 Å². The summed E-state index contributed by atoms with van der Waals surface area (Å²) in [7, 11) is 0. The first kappa shape index (κ1) is 13.6. The van der Waals surface area contributed by atoms with Crippen LogP contribution in [-0.4, -0.2) is 30.8 Å². The van der Waals surface area contributed by atoms with Crippen LogP contribution in [0.15, 0.2) is 27.2 Å². The second kappa shape index (κ2) is 5.45. The minimum absolute atomic E-state index is 0.00394. The van der Waals surface area contributed by atoms with Crippen LogP contribution >= 0.6 is 23.4 Å². The monoisotopic (exact) mass is 300 g/mol. The Labute approximate surface area is 116 Å². The number of carboxylic acid groups (broad SMARTS) is 1. The fourth-order valence-electron chi connectivity index (χ4n) is 1.36. The Morgan fingerprint density at radius 2 is 2.37 bits per heavy atom. The van der Waals surface area contributed by atoms with Crippen LogP contribution in [0, 0.1) is 0 Å². The van der Waals surface area contributed by atoms with E-state index in [1.54, 1.807) is 0 Å². The number of aromatic amines is 1. The normalized spacial score (nSPS) is 10.6. The molecule has 2 aromatic rings. The molecule has 100 valence electrons. The Bertz CT molecular complexity index is 682. The van der Waals surface area contributed by atoms with E-state index in [2.05, 4.69) is 15.2 Å². The number of aromatic carboxylic acids is 1. The first-order chi connectivity index (χ1) is 9.02. The van der Waals surface area contributed by atoms with Gasteiger partial charge in [0.15, 0.2) is 5.16 Å². The van der Waals surface area contributed by atoms with E-state index in [9.17, 15) is 9.59 Å². The van der Waals surface area contributed by atoms with Crippen LogP contribution in [0.4, 0.5) is 0 Å². The van der Waals surface area contributed by atoms with Gasteiger partial charge in [0, 0.05) is 12.7 Å². The molecule has 2 N–H and O–H groups in total. The maximum absolute atomic E-state index is 11.4. The maximum atomic E-state index is 11.4. The number of hydrogen-bond donors (Lipinski definition) is 2. The van der Waals surface area contributed by atoms with Gasteiger partial charge in [-0.3, -0.25) is 4.57 Å². The van der Waals surface area contributed by atoms with E-state index in [4.69, 9.17) is 16.7 Å². The number of rotatable bonds is 4. The van der Waals surface area contributed by atoms with Crippen molar-refractivity contribution in [2.75, 3.05) is 0 Å². The Kier molecular flexibility index (Phi) is 3.91. The molecule has 0 aliphatic rings. The topological polar surface area (TPSA) is 101 Å². The third kappa shape index (κ3) is 2.79. The highest BCUT2D eigenvalue weighted by molar-refractivity contribution is 7.99. The summed E-state index contributed by atoms with van der Waals surface area (Å²) >= 11 is 7.04. The molecule has 0 aromatic carbocycles. The van der Waals surface area contributed by atoms with Crippen molar-refractivity contribution in [2.45, 2.75) is 23.7 Å². The van der Waals surface area contributed by atoms with Crippen molar-refractivity contribution in [2.24, 2.45) is 0 Å². The zero-order valence-corrected chi connectivity index (χ0v) is 11.3. The van der Waals surface area contributed by atoms with Crippen LogP contribution < -0.4 is 5.69 Å². The predicted molar refractivity (Wildman–Crippen MR) is 68.9 cm³/mol. The van der Waals surface area contributed by atoms with Crippen molar-refractivity contribution in [1.82, 2.24) is 19.7 Å². The van der Waals surface area contributed by atoms with Gasteiger partial charge in [0.25, 0.3) is 0 Å². The maximum Gasteiger partial charge on any atom is 0.343 e. The number of halogens is 1. The first-order valence-electron chi connectivity index (χ1n) is 5.24. The lowest BCUT2D eigenvalue weighted by molar-refractivity contribution is 0.0696. The molecule has 2 heterocycles. The number of hydrogen-bond acceptors (Lipinski definition) is 5. The van der Waals surface area contributed by atoms with Gasteiger partial charge in [-0.25, -0.2) is 19.7 Å². The van der Waals surface area contributed by atoms with Gasteiger partial charge in [0.1, 0.15) is 5.03 Å². The van der Waals surface area contributed by atoms with Gasteiger partial charge in [-0.1, -0.05) is 11.6 Å². The predicted octanol–water partition coefficient (Wildman–Crippen LogP) is 1.49. The van der Waals surface area contributed by atoms with Crippen LogP contribution in [0.25, 0.3) is 0 Å². The summed E-state index contributed by atoms with van der Waals surface area (Å²) in [6.07, 6.45) is 1.21. The Morgan fingerprint density at radius 3 is 2.95 bits per heavy atom. The molecule has 0 aliphatic carbocycles. The van der Waals surface area contributed by atoms with E-state index in [0.29, 0.717) is 16.7 Å². The molecule has 0 spiro atoms. The largest absolute Gasteiger partial charge is 0.478 e. The number of carboxylic acids is 1. The third-order valence-electron chi connectivity index (χ3n) is 2.28. The summed E-state index contributed by atoms with van der Waals surface area (Å²) in [6, 6.07) is 1.31. The molecule has 0 atom stereocenters. The molecule has 2 rings (SSSR count). The molecular weight excluding hydrogens is 292 g/mol. The average Bonchev–Trinajstić information content (AvgIpc) is 2.72. The van der Waals surface area contributed by atoms with E-state index >= 15 is 0 Å². The van der Waals surface area contributed by atoms with Crippen molar-refractivity contribution in [3.05, 3.63) is 33.3 Å². The lowest BCUT2D eigenvalue weighted by Crippen LogP contribution is -2.16. The molecule has 0 saturated heterocycles. The molecular formula is C10H9ClN4O3S. The van der Waals surface area contributed by atoms with Gasteiger partial charge in [-0.15, -0.1) is 5.10 Å². The molecule has 0 amide bonds. The fraction of sp³-hybridized carbons (Fsp3) is 0.200. The number of nitrogens with zero attached hydrogens (tertiary/aromatic N) is 3. The average molecular weight is 301 g/mol. The number of pyridine rings is 1. The minimum atomic E-state index is -1.10. The highest BCUT2D eigenvalue weighted by atomic mass is 35.5. The molecule has 0 aliphatic heterocycles.